The highest BCUT2D eigenvalue weighted by molar-refractivity contribution is 7.51. The summed E-state index contributed by atoms with van der Waals surface area (Å²) in [5, 5.41) is 16.8. The van der Waals surface area contributed by atoms with E-state index in [1.165, 1.54) is 6.92 Å². The standard InChI is InChI=1S/C7H12NO6P.C6H10NO6P/c1-5(2)7(11)8(3-6(9)10)4-15(12,13)14;1-2-5(8)7(3-6(9)10)4-14(11,12)13/h1,3-4H2,2H3,(H,9,10)(H2,12,13,14);2H,1,3-4H2,(H,9,10)(H2,11,12,13). The van der Waals surface area contributed by atoms with Gasteiger partial charge in [-0.05, 0) is 13.0 Å². The third-order valence-corrected chi connectivity index (χ3v) is 3.92. The summed E-state index contributed by atoms with van der Waals surface area (Å²) in [5.41, 5.74) is 0.0182. The maximum atomic E-state index is 11.3. The Hall–Kier alpha value is -2.34. The van der Waals surface area contributed by atoms with E-state index >= 15 is 0 Å². The monoisotopic (exact) mass is 460 g/mol. The lowest BCUT2D eigenvalue weighted by atomic mass is 10.3. The fourth-order valence-electron chi connectivity index (χ4n) is 1.55. The van der Waals surface area contributed by atoms with E-state index < -0.39 is 64.6 Å². The van der Waals surface area contributed by atoms with Gasteiger partial charge in [-0.25, -0.2) is 0 Å². The van der Waals surface area contributed by atoms with Crippen LogP contribution in [0.5, 0.6) is 0 Å². The van der Waals surface area contributed by atoms with E-state index in [9.17, 15) is 28.3 Å². The minimum absolute atomic E-state index is 0.0182. The number of carboxylic acids is 2. The van der Waals surface area contributed by atoms with Crippen LogP contribution in [0.4, 0.5) is 0 Å². The second-order valence-electron chi connectivity index (χ2n) is 5.42. The molecule has 0 rings (SSSR count). The first-order valence-corrected chi connectivity index (χ1v) is 10.9. The van der Waals surface area contributed by atoms with Gasteiger partial charge >= 0.3 is 27.1 Å². The van der Waals surface area contributed by atoms with Gasteiger partial charge in [-0.2, -0.15) is 0 Å². The molecule has 166 valence electrons. The highest BCUT2D eigenvalue weighted by Gasteiger charge is 2.25. The van der Waals surface area contributed by atoms with Crippen molar-refractivity contribution in [2.45, 2.75) is 6.92 Å². The lowest BCUT2D eigenvalue weighted by molar-refractivity contribution is -0.142. The van der Waals surface area contributed by atoms with Crippen LogP contribution in [0.25, 0.3) is 0 Å². The second-order valence-corrected chi connectivity index (χ2v) is 8.65. The van der Waals surface area contributed by atoms with Gasteiger partial charge in [0.25, 0.3) is 0 Å². The Morgan fingerprint density at radius 1 is 0.862 bits per heavy atom. The molecule has 0 saturated carbocycles. The molecule has 0 spiro atoms. The van der Waals surface area contributed by atoms with Crippen molar-refractivity contribution < 1.29 is 58.1 Å². The summed E-state index contributed by atoms with van der Waals surface area (Å²) in [7, 11) is -8.92. The van der Waals surface area contributed by atoms with Crippen molar-refractivity contribution in [1.29, 1.82) is 0 Å². The van der Waals surface area contributed by atoms with Crippen LogP contribution in [-0.2, 0) is 28.3 Å². The second kappa shape index (κ2) is 12.3. The van der Waals surface area contributed by atoms with Gasteiger partial charge in [0.05, 0.1) is 0 Å². The summed E-state index contributed by atoms with van der Waals surface area (Å²) in [6, 6.07) is 0. The van der Waals surface area contributed by atoms with E-state index in [2.05, 4.69) is 13.2 Å². The molecule has 0 bridgehead atoms. The van der Waals surface area contributed by atoms with E-state index in [0.717, 1.165) is 6.08 Å². The van der Waals surface area contributed by atoms with Crippen molar-refractivity contribution in [1.82, 2.24) is 9.80 Å². The van der Waals surface area contributed by atoms with Crippen LogP contribution in [-0.4, -0.2) is 89.0 Å². The first-order chi connectivity index (χ1) is 12.9. The van der Waals surface area contributed by atoms with Gasteiger partial charge in [-0.15, -0.1) is 0 Å². The Morgan fingerprint density at radius 3 is 1.48 bits per heavy atom. The Kier molecular flexibility index (Phi) is 12.2. The van der Waals surface area contributed by atoms with Crippen LogP contribution < -0.4 is 0 Å². The highest BCUT2D eigenvalue weighted by Crippen LogP contribution is 2.35. The largest absolute Gasteiger partial charge is 0.480 e. The van der Waals surface area contributed by atoms with Crippen molar-refractivity contribution in [3.8, 4) is 0 Å². The third-order valence-electron chi connectivity index (χ3n) is 2.50. The molecule has 0 aliphatic carbocycles. The maximum Gasteiger partial charge on any atom is 0.344 e. The molecule has 2 amide bonds. The van der Waals surface area contributed by atoms with Crippen molar-refractivity contribution in [2.75, 3.05) is 25.7 Å². The molecular formula is C13H22N2O12P2. The summed E-state index contributed by atoms with van der Waals surface area (Å²) in [6.45, 7) is 6.15. The van der Waals surface area contributed by atoms with Crippen molar-refractivity contribution in [3.05, 3.63) is 24.8 Å². The van der Waals surface area contributed by atoms with E-state index in [1.54, 1.807) is 0 Å². The molecular weight excluding hydrogens is 438 g/mol. The van der Waals surface area contributed by atoms with Gasteiger partial charge in [0.15, 0.2) is 0 Å². The molecule has 0 aromatic rings. The van der Waals surface area contributed by atoms with E-state index in [0.29, 0.717) is 9.80 Å². The van der Waals surface area contributed by atoms with Crippen molar-refractivity contribution >= 4 is 38.9 Å². The topological polar surface area (TPSA) is 230 Å². The smallest absolute Gasteiger partial charge is 0.344 e. The molecule has 0 unspecified atom stereocenters. The number of rotatable bonds is 10. The molecule has 0 saturated heterocycles. The van der Waals surface area contributed by atoms with Crippen LogP contribution in [0.2, 0.25) is 0 Å². The van der Waals surface area contributed by atoms with Gasteiger partial charge in [0.2, 0.25) is 11.8 Å². The minimum atomic E-state index is -4.47. The zero-order valence-corrected chi connectivity index (χ0v) is 17.0. The summed E-state index contributed by atoms with van der Waals surface area (Å²) in [4.78, 5) is 78.2. The van der Waals surface area contributed by atoms with Crippen LogP contribution in [0.1, 0.15) is 6.92 Å². The Balaban J connectivity index is 0. The lowest BCUT2D eigenvalue weighted by Crippen LogP contribution is -2.36. The summed E-state index contributed by atoms with van der Waals surface area (Å²) in [5.74, 6) is -4.33. The Bertz CT molecular complexity index is 753. The van der Waals surface area contributed by atoms with Crippen molar-refractivity contribution in [3.63, 3.8) is 0 Å². The quantitative estimate of drug-likeness (QED) is 0.167. The first-order valence-electron chi connectivity index (χ1n) is 7.28. The summed E-state index contributed by atoms with van der Waals surface area (Å²) in [6.07, 6.45) is -1.06. The van der Waals surface area contributed by atoms with Crippen LogP contribution in [0.15, 0.2) is 24.8 Å². The molecule has 0 heterocycles. The zero-order valence-electron chi connectivity index (χ0n) is 15.2. The van der Waals surface area contributed by atoms with Crippen LogP contribution in [0.3, 0.4) is 0 Å². The first kappa shape index (κ1) is 28.9. The number of amides is 2. The molecule has 0 aromatic heterocycles. The molecule has 0 aliphatic rings. The molecule has 29 heavy (non-hydrogen) atoms. The Labute approximate surface area is 165 Å². The molecule has 14 nitrogen and oxygen atoms in total. The third kappa shape index (κ3) is 16.3. The van der Waals surface area contributed by atoms with Gasteiger partial charge in [-0.1, -0.05) is 13.2 Å². The van der Waals surface area contributed by atoms with Gasteiger partial charge in [0, 0.05) is 5.57 Å². The number of carbonyl (C=O) groups is 4. The molecule has 0 fully saturated rings. The average Bonchev–Trinajstić information content (AvgIpc) is 2.49. The SMILES string of the molecule is C=C(C)C(=O)N(CC(=O)O)CP(=O)(O)O.C=CC(=O)N(CC(=O)O)CP(=O)(O)O. The van der Waals surface area contributed by atoms with Crippen LogP contribution in [0, 0.1) is 0 Å². The molecule has 6 N–H and O–H groups in total. The Morgan fingerprint density at radius 2 is 1.21 bits per heavy atom. The van der Waals surface area contributed by atoms with E-state index in [1.807, 2.05) is 0 Å². The normalized spacial score (nSPS) is 10.8. The zero-order chi connectivity index (χ0) is 23.6. The minimum Gasteiger partial charge on any atom is -0.480 e. The van der Waals surface area contributed by atoms with Gasteiger partial charge in [0.1, 0.15) is 25.7 Å². The van der Waals surface area contributed by atoms with E-state index in [4.69, 9.17) is 29.8 Å². The number of aliphatic carboxylic acids is 2. The fraction of sp³-hybridized carbons (Fsp3) is 0.385. The number of nitrogens with zero attached hydrogens (tertiary/aromatic N) is 2. The molecule has 0 aromatic carbocycles. The van der Waals surface area contributed by atoms with Gasteiger partial charge in [-0.3, -0.25) is 28.3 Å². The number of hydrogen-bond donors (Lipinski definition) is 6. The highest BCUT2D eigenvalue weighted by atomic mass is 31.2. The number of carbonyl (C=O) groups excluding carboxylic acids is 2. The fourth-order valence-corrected chi connectivity index (χ4v) is 2.91. The van der Waals surface area contributed by atoms with Crippen molar-refractivity contribution in [2.24, 2.45) is 0 Å². The molecule has 0 aliphatic heterocycles. The van der Waals surface area contributed by atoms with E-state index in [-0.39, 0.29) is 5.57 Å². The maximum absolute atomic E-state index is 11.3. The predicted octanol–water partition coefficient (Wildman–Crippen LogP) is -1.17. The summed E-state index contributed by atoms with van der Waals surface area (Å²) < 4.78 is 21.1. The predicted molar refractivity (Wildman–Crippen MR) is 97.5 cm³/mol. The number of hydrogen-bond acceptors (Lipinski definition) is 6. The average molecular weight is 460 g/mol. The number of carboxylic acid groups (broad SMARTS) is 2. The lowest BCUT2D eigenvalue weighted by Gasteiger charge is -2.20. The van der Waals surface area contributed by atoms with Gasteiger partial charge < -0.3 is 39.6 Å². The molecule has 0 radical (unpaired) electrons. The van der Waals surface area contributed by atoms with Crippen LogP contribution >= 0.6 is 15.2 Å². The summed E-state index contributed by atoms with van der Waals surface area (Å²) >= 11 is 0. The molecule has 16 heteroatoms. The molecule has 0 atom stereocenters.